The molecule has 1 aromatic rings. The average molecular weight is 204 g/mol. The van der Waals surface area contributed by atoms with Crippen molar-refractivity contribution in [1.82, 2.24) is 0 Å². The van der Waals surface area contributed by atoms with Crippen LogP contribution in [0, 0.1) is 5.82 Å². The molecule has 1 unspecified atom stereocenters. The van der Waals surface area contributed by atoms with E-state index in [0.717, 1.165) is 0 Å². The Hall–Kier alpha value is -0.800. The number of nitrogens with one attached hydrogen (secondary N) is 1. The van der Waals surface area contributed by atoms with Gasteiger partial charge in [0.05, 0.1) is 17.3 Å². The van der Waals surface area contributed by atoms with Gasteiger partial charge in [-0.15, -0.1) is 0 Å². The molecule has 4 heteroatoms. The molecule has 13 heavy (non-hydrogen) atoms. The Bertz CT molecular complexity index is 293. The number of rotatable bonds is 3. The largest absolute Gasteiger partial charge is 0.394 e. The van der Waals surface area contributed by atoms with Gasteiger partial charge in [-0.25, -0.2) is 4.39 Å². The molecule has 1 aromatic carbocycles. The maximum Gasteiger partial charge on any atom is 0.125 e. The van der Waals surface area contributed by atoms with Crippen molar-refractivity contribution >= 4 is 17.3 Å². The fourth-order valence-corrected chi connectivity index (χ4v) is 1.09. The summed E-state index contributed by atoms with van der Waals surface area (Å²) in [5.41, 5.74) is 0.503. The maximum atomic E-state index is 12.7. The molecule has 72 valence electrons. The fraction of sp³-hybridized carbons (Fsp3) is 0.333. The first-order chi connectivity index (χ1) is 6.13. The van der Waals surface area contributed by atoms with Crippen LogP contribution >= 0.6 is 11.6 Å². The van der Waals surface area contributed by atoms with Gasteiger partial charge < -0.3 is 10.4 Å². The third-order valence-corrected chi connectivity index (χ3v) is 1.93. The van der Waals surface area contributed by atoms with E-state index < -0.39 is 0 Å². The lowest BCUT2D eigenvalue weighted by Gasteiger charge is -2.13. The van der Waals surface area contributed by atoms with Crippen LogP contribution < -0.4 is 5.32 Å². The Balaban J connectivity index is 2.81. The molecule has 2 nitrogen and oxygen atoms in total. The second-order valence-corrected chi connectivity index (χ2v) is 3.26. The van der Waals surface area contributed by atoms with Gasteiger partial charge in [-0.3, -0.25) is 0 Å². The zero-order chi connectivity index (χ0) is 9.84. The van der Waals surface area contributed by atoms with Gasteiger partial charge in [-0.1, -0.05) is 11.6 Å². The van der Waals surface area contributed by atoms with Gasteiger partial charge in [0.15, 0.2) is 0 Å². The Morgan fingerprint density at radius 2 is 2.31 bits per heavy atom. The van der Waals surface area contributed by atoms with E-state index >= 15 is 0 Å². The first kappa shape index (κ1) is 10.3. The molecule has 0 aliphatic rings. The van der Waals surface area contributed by atoms with E-state index in [9.17, 15) is 4.39 Å². The Kier molecular flexibility index (Phi) is 3.51. The summed E-state index contributed by atoms with van der Waals surface area (Å²) in [4.78, 5) is 0. The molecule has 0 bridgehead atoms. The summed E-state index contributed by atoms with van der Waals surface area (Å²) in [6.45, 7) is 1.76. The summed E-state index contributed by atoms with van der Waals surface area (Å²) in [6.07, 6.45) is 0. The Morgan fingerprint density at radius 1 is 1.62 bits per heavy atom. The number of hydrogen-bond donors (Lipinski definition) is 2. The van der Waals surface area contributed by atoms with E-state index in [0.29, 0.717) is 10.7 Å². The van der Waals surface area contributed by atoms with Crippen molar-refractivity contribution < 1.29 is 9.50 Å². The minimum Gasteiger partial charge on any atom is -0.394 e. The molecule has 0 heterocycles. The normalized spacial score (nSPS) is 12.6. The molecule has 0 aliphatic carbocycles. The molecule has 0 aromatic heterocycles. The minimum atomic E-state index is -0.350. The van der Waals surface area contributed by atoms with Gasteiger partial charge >= 0.3 is 0 Å². The lowest BCUT2D eigenvalue weighted by molar-refractivity contribution is 0.281. The fourth-order valence-electron chi connectivity index (χ4n) is 0.919. The lowest BCUT2D eigenvalue weighted by atomic mass is 10.2. The lowest BCUT2D eigenvalue weighted by Crippen LogP contribution is -2.19. The van der Waals surface area contributed by atoms with Crippen molar-refractivity contribution in [3.05, 3.63) is 29.0 Å². The summed E-state index contributed by atoms with van der Waals surface area (Å²) >= 11 is 5.79. The SMILES string of the molecule is CC(CO)Nc1cc(F)ccc1Cl. The first-order valence-electron chi connectivity index (χ1n) is 3.96. The third kappa shape index (κ3) is 2.86. The minimum absolute atomic E-state index is 0.0210. The molecular weight excluding hydrogens is 193 g/mol. The summed E-state index contributed by atoms with van der Waals surface area (Å²) in [5, 5.41) is 12.1. The van der Waals surface area contributed by atoms with Crippen LogP contribution in [0.4, 0.5) is 10.1 Å². The van der Waals surface area contributed by atoms with Crippen molar-refractivity contribution in [2.24, 2.45) is 0 Å². The second-order valence-electron chi connectivity index (χ2n) is 2.85. The topological polar surface area (TPSA) is 32.3 Å². The van der Waals surface area contributed by atoms with Crippen molar-refractivity contribution in [3.8, 4) is 0 Å². The average Bonchev–Trinajstić information content (AvgIpc) is 2.11. The molecule has 0 saturated carbocycles. The molecule has 0 amide bonds. The van der Waals surface area contributed by atoms with E-state index in [1.54, 1.807) is 6.92 Å². The van der Waals surface area contributed by atoms with Crippen molar-refractivity contribution in [2.45, 2.75) is 13.0 Å². The quantitative estimate of drug-likeness (QED) is 0.790. The number of aliphatic hydroxyl groups is 1. The second kappa shape index (κ2) is 4.44. The van der Waals surface area contributed by atoms with Crippen LogP contribution in [0.1, 0.15) is 6.92 Å². The van der Waals surface area contributed by atoms with Crippen LogP contribution in [0.15, 0.2) is 18.2 Å². The molecular formula is C9H11ClFNO. The van der Waals surface area contributed by atoms with Crippen molar-refractivity contribution in [3.63, 3.8) is 0 Å². The molecule has 0 spiro atoms. The number of benzene rings is 1. The zero-order valence-electron chi connectivity index (χ0n) is 7.22. The van der Waals surface area contributed by atoms with E-state index in [1.807, 2.05) is 0 Å². The number of halogens is 2. The Labute approximate surface area is 81.3 Å². The molecule has 0 saturated heterocycles. The standard InChI is InChI=1S/C9H11ClFNO/c1-6(5-13)12-9-4-7(11)2-3-8(9)10/h2-4,6,12-13H,5H2,1H3. The predicted octanol–water partition coefficient (Wildman–Crippen LogP) is 2.27. The van der Waals surface area contributed by atoms with E-state index in [1.165, 1.54) is 18.2 Å². The van der Waals surface area contributed by atoms with E-state index in [2.05, 4.69) is 5.32 Å². The highest BCUT2D eigenvalue weighted by molar-refractivity contribution is 6.33. The number of aliphatic hydroxyl groups excluding tert-OH is 1. The third-order valence-electron chi connectivity index (χ3n) is 1.60. The van der Waals surface area contributed by atoms with E-state index in [4.69, 9.17) is 16.7 Å². The smallest absolute Gasteiger partial charge is 0.125 e. The number of hydrogen-bond acceptors (Lipinski definition) is 2. The first-order valence-corrected chi connectivity index (χ1v) is 4.33. The molecule has 1 rings (SSSR count). The van der Waals surface area contributed by atoms with Gasteiger partial charge in [0.1, 0.15) is 5.82 Å². The van der Waals surface area contributed by atoms with Crippen LogP contribution in [-0.2, 0) is 0 Å². The molecule has 0 radical (unpaired) electrons. The van der Waals surface area contributed by atoms with Crippen molar-refractivity contribution in [1.29, 1.82) is 0 Å². The van der Waals surface area contributed by atoms with Crippen molar-refractivity contribution in [2.75, 3.05) is 11.9 Å². The monoisotopic (exact) mass is 203 g/mol. The molecule has 0 fully saturated rings. The molecule has 0 aliphatic heterocycles. The zero-order valence-corrected chi connectivity index (χ0v) is 7.98. The summed E-state index contributed by atoms with van der Waals surface area (Å²) in [6, 6.07) is 3.92. The Morgan fingerprint density at radius 3 is 2.92 bits per heavy atom. The highest BCUT2D eigenvalue weighted by Gasteiger charge is 2.04. The van der Waals surface area contributed by atoms with Crippen LogP contribution in [0.25, 0.3) is 0 Å². The van der Waals surface area contributed by atoms with Crippen LogP contribution in [0.5, 0.6) is 0 Å². The van der Waals surface area contributed by atoms with E-state index in [-0.39, 0.29) is 18.5 Å². The highest BCUT2D eigenvalue weighted by atomic mass is 35.5. The van der Waals surface area contributed by atoms with Crippen LogP contribution in [0.2, 0.25) is 5.02 Å². The van der Waals surface area contributed by atoms with Gasteiger partial charge in [0.2, 0.25) is 0 Å². The summed E-state index contributed by atoms with van der Waals surface area (Å²) < 4.78 is 12.7. The van der Waals surface area contributed by atoms with Gasteiger partial charge in [-0.2, -0.15) is 0 Å². The van der Waals surface area contributed by atoms with Gasteiger partial charge in [0.25, 0.3) is 0 Å². The summed E-state index contributed by atoms with van der Waals surface area (Å²) in [7, 11) is 0. The highest BCUT2D eigenvalue weighted by Crippen LogP contribution is 2.22. The number of anilines is 1. The van der Waals surface area contributed by atoms with Gasteiger partial charge in [0, 0.05) is 6.04 Å². The van der Waals surface area contributed by atoms with Gasteiger partial charge in [-0.05, 0) is 25.1 Å². The molecule has 1 atom stereocenters. The summed E-state index contributed by atoms with van der Waals surface area (Å²) in [5.74, 6) is -0.350. The predicted molar refractivity (Wildman–Crippen MR) is 51.6 cm³/mol. The molecule has 2 N–H and O–H groups in total. The van der Waals surface area contributed by atoms with Crippen LogP contribution in [-0.4, -0.2) is 17.8 Å². The maximum absolute atomic E-state index is 12.7. The van der Waals surface area contributed by atoms with Crippen LogP contribution in [0.3, 0.4) is 0 Å².